The molecular weight excluding hydrogens is 358 g/mol. The van der Waals surface area contributed by atoms with Crippen molar-refractivity contribution in [2.45, 2.75) is 31.2 Å². The highest BCUT2D eigenvalue weighted by Gasteiger charge is 2.27. The number of fused-ring (bicyclic) bond motifs is 1. The number of hydrogen-bond donors (Lipinski definition) is 3. The number of nitrogens with zero attached hydrogens (tertiary/aromatic N) is 2. The maximum Gasteiger partial charge on any atom is 0.338 e. The number of carbonyl (C=O) groups is 1. The predicted octanol–water partition coefficient (Wildman–Crippen LogP) is 3.30. The van der Waals surface area contributed by atoms with Crippen LogP contribution in [0.1, 0.15) is 30.5 Å². The third-order valence-corrected chi connectivity index (χ3v) is 5.36. The summed E-state index contributed by atoms with van der Waals surface area (Å²) < 4.78 is 0. The van der Waals surface area contributed by atoms with Gasteiger partial charge in [0.05, 0.1) is 11.8 Å². The molecule has 27 heavy (non-hydrogen) atoms. The summed E-state index contributed by atoms with van der Waals surface area (Å²) >= 11 is 1.60. The van der Waals surface area contributed by atoms with Gasteiger partial charge in [-0.3, -0.25) is 0 Å². The number of nitrogens with two attached hydrogens (primary N) is 2. The van der Waals surface area contributed by atoms with Crippen molar-refractivity contribution in [1.82, 2.24) is 10.3 Å². The number of thioether (sulfide) groups is 1. The molecule has 2 aromatic carbocycles. The molecule has 0 saturated carbocycles. The van der Waals surface area contributed by atoms with Crippen molar-refractivity contribution in [3.05, 3.63) is 53.1 Å². The number of benzene rings is 2. The van der Waals surface area contributed by atoms with Gasteiger partial charge in [0.2, 0.25) is 0 Å². The molecule has 1 aliphatic heterocycles. The summed E-state index contributed by atoms with van der Waals surface area (Å²) in [5, 5.41) is 9.15. The van der Waals surface area contributed by atoms with Crippen LogP contribution in [0, 0.1) is 0 Å². The second-order valence-electron chi connectivity index (χ2n) is 6.56. The molecule has 7 heteroatoms. The van der Waals surface area contributed by atoms with Crippen molar-refractivity contribution >= 4 is 34.9 Å². The zero-order valence-electron chi connectivity index (χ0n) is 15.8. The average Bonchev–Trinajstić information content (AvgIpc) is 2.77. The molecular formula is C20H25N5OS. The lowest BCUT2D eigenvalue weighted by Gasteiger charge is -2.23. The molecule has 1 unspecified atom stereocenters. The lowest BCUT2D eigenvalue weighted by molar-refractivity contribution is 0.183. The minimum absolute atomic E-state index is 0.0962. The predicted molar refractivity (Wildman–Crippen MR) is 113 cm³/mol. The van der Waals surface area contributed by atoms with Crippen molar-refractivity contribution in [2.75, 3.05) is 24.3 Å². The second kappa shape index (κ2) is 7.92. The zero-order valence-corrected chi connectivity index (χ0v) is 16.6. The highest BCUT2D eigenvalue weighted by atomic mass is 32.2. The van der Waals surface area contributed by atoms with Gasteiger partial charge in [-0.1, -0.05) is 12.1 Å². The molecule has 1 aliphatic rings. The molecule has 1 atom stereocenters. The average molecular weight is 384 g/mol. The van der Waals surface area contributed by atoms with Gasteiger partial charge in [0.25, 0.3) is 0 Å². The first-order valence-corrected chi connectivity index (χ1v) is 10.1. The van der Waals surface area contributed by atoms with E-state index in [0.29, 0.717) is 18.7 Å². The third-order valence-electron chi connectivity index (χ3n) is 4.57. The van der Waals surface area contributed by atoms with E-state index >= 15 is 0 Å². The van der Waals surface area contributed by atoms with E-state index in [1.165, 1.54) is 5.01 Å². The Kier molecular flexibility index (Phi) is 5.60. The van der Waals surface area contributed by atoms with Gasteiger partial charge < -0.3 is 16.8 Å². The summed E-state index contributed by atoms with van der Waals surface area (Å²) in [6.45, 7) is 4.43. The Labute approximate surface area is 164 Å². The summed E-state index contributed by atoms with van der Waals surface area (Å²) in [5.74, 6) is 0. The van der Waals surface area contributed by atoms with E-state index in [2.05, 4.69) is 11.4 Å². The molecule has 0 aromatic heterocycles. The van der Waals surface area contributed by atoms with Gasteiger partial charge in [0.15, 0.2) is 0 Å². The lowest BCUT2D eigenvalue weighted by Crippen LogP contribution is -2.42. The molecule has 0 fully saturated rings. The van der Waals surface area contributed by atoms with Gasteiger partial charge in [0, 0.05) is 33.9 Å². The fourth-order valence-corrected chi connectivity index (χ4v) is 3.74. The number of nitrogen functional groups attached to an aromatic ring is 2. The van der Waals surface area contributed by atoms with Crippen molar-refractivity contribution in [3.63, 3.8) is 0 Å². The van der Waals surface area contributed by atoms with Gasteiger partial charge in [-0.25, -0.2) is 9.80 Å². The van der Waals surface area contributed by atoms with Gasteiger partial charge >= 0.3 is 6.03 Å². The molecule has 0 bridgehead atoms. The van der Waals surface area contributed by atoms with Crippen molar-refractivity contribution in [3.8, 4) is 0 Å². The summed E-state index contributed by atoms with van der Waals surface area (Å²) in [6, 6.07) is 11.3. The SMILES string of the molecule is CCNC(=O)N1N=C(c2ccc(N)cc2)c2cc(SC)c(N)cc2CC1C. The van der Waals surface area contributed by atoms with Crippen LogP contribution in [0.3, 0.4) is 0 Å². The van der Waals surface area contributed by atoms with E-state index in [-0.39, 0.29) is 12.1 Å². The summed E-state index contributed by atoms with van der Waals surface area (Å²) in [5.41, 5.74) is 17.2. The molecule has 0 saturated heterocycles. The summed E-state index contributed by atoms with van der Waals surface area (Å²) in [4.78, 5) is 13.6. The van der Waals surface area contributed by atoms with Crippen LogP contribution < -0.4 is 16.8 Å². The molecule has 1 heterocycles. The largest absolute Gasteiger partial charge is 0.399 e. The minimum atomic E-state index is -0.205. The van der Waals surface area contributed by atoms with Crippen LogP contribution >= 0.6 is 11.8 Å². The van der Waals surface area contributed by atoms with Gasteiger partial charge in [-0.2, -0.15) is 5.10 Å². The van der Waals surface area contributed by atoms with Crippen molar-refractivity contribution in [1.29, 1.82) is 0 Å². The van der Waals surface area contributed by atoms with Gasteiger partial charge in [-0.15, -0.1) is 11.8 Å². The fraction of sp³-hybridized carbons (Fsp3) is 0.300. The molecule has 0 spiro atoms. The minimum Gasteiger partial charge on any atom is -0.399 e. The number of anilines is 2. The van der Waals surface area contributed by atoms with E-state index in [4.69, 9.17) is 16.6 Å². The molecule has 2 aromatic rings. The quantitative estimate of drug-likeness (QED) is 0.560. The Hall–Kier alpha value is -2.67. The van der Waals surface area contributed by atoms with Crippen LogP contribution in [0.4, 0.5) is 16.2 Å². The number of urea groups is 1. The number of amides is 2. The maximum atomic E-state index is 12.6. The Balaban J connectivity index is 2.20. The number of nitrogens with one attached hydrogen (secondary N) is 1. The number of hydrogen-bond acceptors (Lipinski definition) is 5. The second-order valence-corrected chi connectivity index (χ2v) is 7.40. The molecule has 5 N–H and O–H groups in total. The van der Waals surface area contributed by atoms with E-state index in [0.717, 1.165) is 33.0 Å². The topological polar surface area (TPSA) is 96.7 Å². The first-order chi connectivity index (χ1) is 12.9. The van der Waals surface area contributed by atoms with E-state index in [1.807, 2.05) is 50.4 Å². The molecule has 0 aliphatic carbocycles. The summed E-state index contributed by atoms with van der Waals surface area (Å²) in [6.07, 6.45) is 2.67. The van der Waals surface area contributed by atoms with E-state index < -0.39 is 0 Å². The first-order valence-electron chi connectivity index (χ1n) is 8.93. The van der Waals surface area contributed by atoms with Crippen molar-refractivity contribution < 1.29 is 4.79 Å². The van der Waals surface area contributed by atoms with Crippen LogP contribution in [-0.2, 0) is 6.42 Å². The Bertz CT molecular complexity index is 879. The monoisotopic (exact) mass is 383 g/mol. The lowest BCUT2D eigenvalue weighted by atomic mass is 9.94. The van der Waals surface area contributed by atoms with Crippen LogP contribution in [-0.4, -0.2) is 35.6 Å². The van der Waals surface area contributed by atoms with Crippen molar-refractivity contribution in [2.24, 2.45) is 5.10 Å². The number of carbonyl (C=O) groups excluding carboxylic acids is 1. The molecule has 0 radical (unpaired) electrons. The molecule has 6 nitrogen and oxygen atoms in total. The Morgan fingerprint density at radius 3 is 2.63 bits per heavy atom. The van der Waals surface area contributed by atoms with Crippen LogP contribution in [0.15, 0.2) is 46.4 Å². The molecule has 142 valence electrons. The first kappa shape index (κ1) is 19.1. The highest BCUT2D eigenvalue weighted by Crippen LogP contribution is 2.31. The Morgan fingerprint density at radius 2 is 2.00 bits per heavy atom. The fourth-order valence-electron chi connectivity index (χ4n) is 3.21. The number of hydrazone groups is 1. The van der Waals surface area contributed by atoms with Crippen LogP contribution in [0.5, 0.6) is 0 Å². The van der Waals surface area contributed by atoms with Crippen LogP contribution in [0.2, 0.25) is 0 Å². The molecule has 2 amide bonds. The standard InChI is InChI=1S/C20H25N5OS/c1-4-23-20(26)25-12(2)9-14-10-17(22)18(27-3)11-16(14)19(24-25)13-5-7-15(21)8-6-13/h5-8,10-12H,4,9,21-22H2,1-3H3,(H,23,26). The smallest absolute Gasteiger partial charge is 0.338 e. The van der Waals surface area contributed by atoms with E-state index in [1.54, 1.807) is 11.8 Å². The molecule has 3 rings (SSSR count). The van der Waals surface area contributed by atoms with Gasteiger partial charge in [0.1, 0.15) is 0 Å². The number of rotatable bonds is 3. The Morgan fingerprint density at radius 1 is 1.30 bits per heavy atom. The van der Waals surface area contributed by atoms with Crippen LogP contribution in [0.25, 0.3) is 0 Å². The summed E-state index contributed by atoms with van der Waals surface area (Å²) in [7, 11) is 0. The third kappa shape index (κ3) is 3.88. The maximum absolute atomic E-state index is 12.6. The zero-order chi connectivity index (χ0) is 19.6. The highest BCUT2D eigenvalue weighted by molar-refractivity contribution is 7.98. The van der Waals surface area contributed by atoms with Gasteiger partial charge in [-0.05, 0) is 56.4 Å². The van der Waals surface area contributed by atoms with E-state index in [9.17, 15) is 4.79 Å². The normalized spacial score (nSPS) is 16.3.